The van der Waals surface area contributed by atoms with E-state index in [2.05, 4.69) is 0 Å². The van der Waals surface area contributed by atoms with Crippen molar-refractivity contribution in [3.8, 4) is 11.5 Å². The molecule has 0 radical (unpaired) electrons. The van der Waals surface area contributed by atoms with Gasteiger partial charge in [0.05, 0.1) is 13.5 Å². The van der Waals surface area contributed by atoms with Gasteiger partial charge in [0.25, 0.3) is 0 Å². The summed E-state index contributed by atoms with van der Waals surface area (Å²) < 4.78 is 4.96. The van der Waals surface area contributed by atoms with Crippen molar-refractivity contribution in [1.82, 2.24) is 0 Å². The second-order valence-electron chi connectivity index (χ2n) is 6.05. The summed E-state index contributed by atoms with van der Waals surface area (Å²) in [6, 6.07) is 10.7. The van der Waals surface area contributed by atoms with E-state index < -0.39 is 0 Å². The highest BCUT2D eigenvalue weighted by Crippen LogP contribution is 2.26. The van der Waals surface area contributed by atoms with Crippen LogP contribution in [0.5, 0.6) is 11.5 Å². The predicted octanol–water partition coefficient (Wildman–Crippen LogP) is 4.27. The van der Waals surface area contributed by atoms with E-state index in [1.54, 1.807) is 24.3 Å². The molecule has 0 fully saturated rings. The fourth-order valence-electron chi connectivity index (χ4n) is 2.35. The summed E-state index contributed by atoms with van der Waals surface area (Å²) in [6.07, 6.45) is 5.84. The van der Waals surface area contributed by atoms with Crippen molar-refractivity contribution < 1.29 is 19.4 Å². The summed E-state index contributed by atoms with van der Waals surface area (Å²) >= 11 is 0. The Morgan fingerprint density at radius 1 is 0.923 bits per heavy atom. The van der Waals surface area contributed by atoms with Gasteiger partial charge in [-0.25, -0.2) is 0 Å². The zero-order chi connectivity index (χ0) is 19.1. The molecule has 2 rings (SSSR count). The quantitative estimate of drug-likeness (QED) is 0.598. The number of aryl methyl sites for hydroxylation is 2. The van der Waals surface area contributed by atoms with Crippen LogP contribution in [0.25, 0.3) is 12.2 Å². The van der Waals surface area contributed by atoms with Gasteiger partial charge in [0, 0.05) is 0 Å². The van der Waals surface area contributed by atoms with Gasteiger partial charge in [-0.15, -0.1) is 0 Å². The number of ketones is 2. The Morgan fingerprint density at radius 2 is 1.50 bits per heavy atom. The summed E-state index contributed by atoms with van der Waals surface area (Å²) in [5.41, 5.74) is 3.92. The number of rotatable bonds is 7. The zero-order valence-electron chi connectivity index (χ0n) is 15.2. The Hall–Kier alpha value is -3.14. The van der Waals surface area contributed by atoms with Crippen LogP contribution in [-0.4, -0.2) is 23.8 Å². The largest absolute Gasteiger partial charge is 0.504 e. The van der Waals surface area contributed by atoms with E-state index >= 15 is 0 Å². The number of benzene rings is 2. The first-order valence-electron chi connectivity index (χ1n) is 8.25. The van der Waals surface area contributed by atoms with E-state index in [1.165, 1.54) is 30.9 Å². The Balaban J connectivity index is 1.94. The highest BCUT2D eigenvalue weighted by Gasteiger charge is 2.05. The molecule has 0 aliphatic rings. The molecule has 0 saturated carbocycles. The topological polar surface area (TPSA) is 63.6 Å². The van der Waals surface area contributed by atoms with E-state index in [1.807, 2.05) is 32.0 Å². The molecular formula is C22H22O4. The van der Waals surface area contributed by atoms with Crippen LogP contribution in [-0.2, 0) is 9.59 Å². The van der Waals surface area contributed by atoms with Crippen LogP contribution >= 0.6 is 0 Å². The average molecular weight is 350 g/mol. The molecule has 4 heteroatoms. The molecule has 0 bridgehead atoms. The summed E-state index contributed by atoms with van der Waals surface area (Å²) in [6.45, 7) is 4.04. The van der Waals surface area contributed by atoms with Crippen molar-refractivity contribution in [2.75, 3.05) is 7.11 Å². The van der Waals surface area contributed by atoms with Crippen LogP contribution in [0.1, 0.15) is 28.7 Å². The van der Waals surface area contributed by atoms with Gasteiger partial charge in [-0.3, -0.25) is 9.59 Å². The van der Waals surface area contributed by atoms with Crippen LogP contribution < -0.4 is 4.74 Å². The number of aromatic hydroxyl groups is 1. The van der Waals surface area contributed by atoms with Crippen LogP contribution in [0.4, 0.5) is 0 Å². The second kappa shape index (κ2) is 8.81. The van der Waals surface area contributed by atoms with Crippen molar-refractivity contribution in [2.24, 2.45) is 0 Å². The normalized spacial score (nSPS) is 11.2. The van der Waals surface area contributed by atoms with Crippen molar-refractivity contribution in [3.63, 3.8) is 0 Å². The van der Waals surface area contributed by atoms with Gasteiger partial charge in [0.2, 0.25) is 0 Å². The molecule has 0 unspecified atom stereocenters. The number of allylic oxidation sites excluding steroid dienone is 2. The van der Waals surface area contributed by atoms with E-state index in [9.17, 15) is 14.7 Å². The van der Waals surface area contributed by atoms with Crippen molar-refractivity contribution >= 4 is 23.7 Å². The first-order chi connectivity index (χ1) is 12.4. The van der Waals surface area contributed by atoms with E-state index in [-0.39, 0.29) is 23.7 Å². The molecule has 4 nitrogen and oxygen atoms in total. The minimum atomic E-state index is -0.296. The smallest absolute Gasteiger partial charge is 0.163 e. The fourth-order valence-corrected chi connectivity index (χ4v) is 2.35. The molecule has 0 atom stereocenters. The number of hydrogen-bond acceptors (Lipinski definition) is 4. The van der Waals surface area contributed by atoms with Crippen molar-refractivity contribution in [1.29, 1.82) is 0 Å². The molecule has 1 N–H and O–H groups in total. The third kappa shape index (κ3) is 5.45. The SMILES string of the molecule is COc1ccc(C=CC(=O)CC(=O)C=Cc2ccc(C)c(C)c2)cc1O. The molecule has 26 heavy (non-hydrogen) atoms. The van der Waals surface area contributed by atoms with Gasteiger partial charge < -0.3 is 9.84 Å². The Labute approximate surface area is 153 Å². The molecule has 0 aliphatic carbocycles. The number of phenolic OH excluding ortho intramolecular Hbond substituents is 1. The lowest BCUT2D eigenvalue weighted by atomic mass is 10.1. The van der Waals surface area contributed by atoms with Gasteiger partial charge >= 0.3 is 0 Å². The zero-order valence-corrected chi connectivity index (χ0v) is 15.2. The minimum absolute atomic E-state index is 0.00509. The molecular weight excluding hydrogens is 328 g/mol. The first-order valence-corrected chi connectivity index (χ1v) is 8.25. The van der Waals surface area contributed by atoms with Gasteiger partial charge in [0.1, 0.15) is 0 Å². The maximum absolute atomic E-state index is 11.9. The summed E-state index contributed by atoms with van der Waals surface area (Å²) in [5, 5.41) is 9.71. The number of hydrogen-bond donors (Lipinski definition) is 1. The molecule has 2 aromatic rings. The van der Waals surface area contributed by atoms with Gasteiger partial charge in [-0.1, -0.05) is 36.4 Å². The highest BCUT2D eigenvalue weighted by molar-refractivity contribution is 6.10. The van der Waals surface area contributed by atoms with Crippen LogP contribution in [0.15, 0.2) is 48.6 Å². The number of carbonyl (C=O) groups excluding carboxylic acids is 2. The first kappa shape index (κ1) is 19.2. The molecule has 0 saturated heterocycles. The lowest BCUT2D eigenvalue weighted by Crippen LogP contribution is -2.01. The summed E-state index contributed by atoms with van der Waals surface area (Å²) in [4.78, 5) is 23.8. The maximum atomic E-state index is 11.9. The molecule has 0 spiro atoms. The number of ether oxygens (including phenoxy) is 1. The van der Waals surface area contributed by atoms with Crippen LogP contribution in [0, 0.1) is 13.8 Å². The van der Waals surface area contributed by atoms with Crippen LogP contribution in [0.2, 0.25) is 0 Å². The van der Waals surface area contributed by atoms with Gasteiger partial charge in [0.15, 0.2) is 23.1 Å². The monoisotopic (exact) mass is 350 g/mol. The third-order valence-corrected chi connectivity index (χ3v) is 4.01. The van der Waals surface area contributed by atoms with E-state index in [0.29, 0.717) is 11.3 Å². The van der Waals surface area contributed by atoms with Crippen molar-refractivity contribution in [3.05, 3.63) is 70.8 Å². The third-order valence-electron chi connectivity index (χ3n) is 4.01. The Kier molecular flexibility index (Phi) is 6.50. The molecule has 0 aromatic heterocycles. The molecule has 0 heterocycles. The number of phenols is 1. The second-order valence-corrected chi connectivity index (χ2v) is 6.05. The molecule has 0 aliphatic heterocycles. The number of methoxy groups -OCH3 is 1. The van der Waals surface area contributed by atoms with Crippen molar-refractivity contribution in [2.45, 2.75) is 20.3 Å². The maximum Gasteiger partial charge on any atom is 0.163 e. The number of carbonyl (C=O) groups is 2. The summed E-state index contributed by atoms with van der Waals surface area (Å²) in [7, 11) is 1.46. The average Bonchev–Trinajstić information content (AvgIpc) is 2.61. The van der Waals surface area contributed by atoms with E-state index in [0.717, 1.165) is 11.1 Å². The van der Waals surface area contributed by atoms with E-state index in [4.69, 9.17) is 4.74 Å². The lowest BCUT2D eigenvalue weighted by molar-refractivity contribution is -0.121. The highest BCUT2D eigenvalue weighted by atomic mass is 16.5. The summed E-state index contributed by atoms with van der Waals surface area (Å²) in [5.74, 6) is -0.194. The minimum Gasteiger partial charge on any atom is -0.504 e. The molecule has 2 aromatic carbocycles. The van der Waals surface area contributed by atoms with Gasteiger partial charge in [-0.2, -0.15) is 0 Å². The lowest BCUT2D eigenvalue weighted by Gasteiger charge is -2.03. The molecule has 134 valence electrons. The molecule has 0 amide bonds. The predicted molar refractivity (Wildman–Crippen MR) is 103 cm³/mol. The van der Waals surface area contributed by atoms with Gasteiger partial charge in [-0.05, 0) is 60.4 Å². The Morgan fingerprint density at radius 3 is 2.04 bits per heavy atom. The Bertz CT molecular complexity index is 876. The fraction of sp³-hybridized carbons (Fsp3) is 0.182. The standard InChI is InChI=1S/C22H22O4/c1-15-4-5-17(12-16(15)2)6-9-19(23)14-20(24)10-7-18-8-11-22(26-3)21(25)13-18/h4-13,25H,14H2,1-3H3. The van der Waals surface area contributed by atoms with Crippen LogP contribution in [0.3, 0.4) is 0 Å².